The Bertz CT molecular complexity index is 191. The second-order valence-electron chi connectivity index (χ2n) is 5.35. The van der Waals surface area contributed by atoms with E-state index in [-0.39, 0.29) is 6.10 Å². The Kier molecular flexibility index (Phi) is 2.37. The Balaban J connectivity index is 1.84. The van der Waals surface area contributed by atoms with Crippen LogP contribution in [0.1, 0.15) is 46.0 Å². The van der Waals surface area contributed by atoms with E-state index in [1.54, 1.807) is 0 Å². The molecule has 2 rings (SSSR count). The van der Waals surface area contributed by atoms with Gasteiger partial charge < -0.3 is 10.4 Å². The third-order valence-electron chi connectivity index (χ3n) is 3.92. The maximum Gasteiger partial charge on any atom is 0.0693 e. The van der Waals surface area contributed by atoms with Gasteiger partial charge in [-0.2, -0.15) is 0 Å². The van der Waals surface area contributed by atoms with Gasteiger partial charge in [-0.05, 0) is 37.5 Å². The van der Waals surface area contributed by atoms with Gasteiger partial charge in [-0.25, -0.2) is 0 Å². The second-order valence-corrected chi connectivity index (χ2v) is 5.35. The van der Waals surface area contributed by atoms with Crippen molar-refractivity contribution in [1.82, 2.24) is 5.32 Å². The normalized spacial score (nSPS) is 43.2. The number of nitrogens with one attached hydrogen (secondary N) is 1. The molecule has 0 bridgehead atoms. The number of hydrogen-bond donors (Lipinski definition) is 2. The molecule has 0 aromatic heterocycles. The highest BCUT2D eigenvalue weighted by molar-refractivity contribution is 4.97. The third kappa shape index (κ3) is 1.75. The van der Waals surface area contributed by atoms with Crippen LogP contribution in [-0.2, 0) is 0 Å². The second kappa shape index (κ2) is 3.25. The van der Waals surface area contributed by atoms with Crippen LogP contribution in [0.5, 0.6) is 0 Å². The van der Waals surface area contributed by atoms with Crippen LogP contribution < -0.4 is 5.32 Å². The highest BCUT2D eigenvalue weighted by atomic mass is 16.3. The minimum absolute atomic E-state index is 0.0867. The molecule has 2 aliphatic carbocycles. The smallest absolute Gasteiger partial charge is 0.0693 e. The average Bonchev–Trinajstić information content (AvgIpc) is 2.45. The lowest BCUT2D eigenvalue weighted by Gasteiger charge is -2.46. The largest absolute Gasteiger partial charge is 0.392 e. The summed E-state index contributed by atoms with van der Waals surface area (Å²) in [6.45, 7) is 4.63. The van der Waals surface area contributed by atoms with Gasteiger partial charge in [0.2, 0.25) is 0 Å². The molecule has 3 unspecified atom stereocenters. The fourth-order valence-electron chi connectivity index (χ4n) is 2.57. The topological polar surface area (TPSA) is 32.3 Å². The van der Waals surface area contributed by atoms with Gasteiger partial charge in [-0.3, -0.25) is 0 Å². The Hall–Kier alpha value is -0.0800. The average molecular weight is 183 g/mol. The van der Waals surface area contributed by atoms with Crippen molar-refractivity contribution in [2.45, 2.75) is 64.1 Å². The lowest BCUT2D eigenvalue weighted by molar-refractivity contribution is 0.0683. The summed E-state index contributed by atoms with van der Waals surface area (Å²) in [6.07, 6.45) is 5.87. The summed E-state index contributed by atoms with van der Waals surface area (Å²) in [6, 6.07) is 1.02. The van der Waals surface area contributed by atoms with Crippen molar-refractivity contribution in [1.29, 1.82) is 0 Å². The van der Waals surface area contributed by atoms with Gasteiger partial charge in [0.25, 0.3) is 0 Å². The Morgan fingerprint density at radius 2 is 2.00 bits per heavy atom. The van der Waals surface area contributed by atoms with Crippen molar-refractivity contribution in [2.75, 3.05) is 0 Å². The number of aliphatic hydroxyl groups is 1. The van der Waals surface area contributed by atoms with Gasteiger partial charge in [0.1, 0.15) is 0 Å². The summed E-state index contributed by atoms with van der Waals surface area (Å²) in [5.41, 5.74) is 0.461. The molecule has 0 spiro atoms. The first-order chi connectivity index (χ1) is 6.09. The van der Waals surface area contributed by atoms with Gasteiger partial charge in [0, 0.05) is 12.1 Å². The summed E-state index contributed by atoms with van der Waals surface area (Å²) in [4.78, 5) is 0. The molecule has 0 heterocycles. The first kappa shape index (κ1) is 9.47. The van der Waals surface area contributed by atoms with Crippen LogP contribution in [0.4, 0.5) is 0 Å². The van der Waals surface area contributed by atoms with Gasteiger partial charge in [-0.1, -0.05) is 13.8 Å². The summed E-state index contributed by atoms with van der Waals surface area (Å²) >= 11 is 0. The van der Waals surface area contributed by atoms with Crippen LogP contribution in [0.15, 0.2) is 0 Å². The van der Waals surface area contributed by atoms with Crippen molar-refractivity contribution in [3.63, 3.8) is 0 Å². The molecular formula is C11H21NO. The van der Waals surface area contributed by atoms with Crippen molar-refractivity contribution >= 4 is 0 Å². The lowest BCUT2D eigenvalue weighted by atomic mass is 9.67. The van der Waals surface area contributed by atoms with Crippen LogP contribution in [0.2, 0.25) is 0 Å². The zero-order valence-electron chi connectivity index (χ0n) is 8.71. The summed E-state index contributed by atoms with van der Waals surface area (Å²) in [7, 11) is 0. The van der Waals surface area contributed by atoms with Crippen LogP contribution in [-0.4, -0.2) is 23.3 Å². The molecule has 0 saturated heterocycles. The molecule has 3 atom stereocenters. The highest BCUT2D eigenvalue weighted by Gasteiger charge is 2.40. The molecule has 0 aliphatic heterocycles. The molecular weight excluding hydrogens is 162 g/mol. The maximum absolute atomic E-state index is 9.67. The van der Waals surface area contributed by atoms with Crippen LogP contribution in [0.3, 0.4) is 0 Å². The predicted molar refractivity (Wildman–Crippen MR) is 53.6 cm³/mol. The molecule has 0 radical (unpaired) electrons. The summed E-state index contributed by atoms with van der Waals surface area (Å²) < 4.78 is 0. The zero-order chi connectivity index (χ0) is 9.47. The van der Waals surface area contributed by atoms with Gasteiger partial charge in [0.15, 0.2) is 0 Å². The number of aliphatic hydroxyl groups excluding tert-OH is 1. The van der Waals surface area contributed by atoms with Gasteiger partial charge in [-0.15, -0.1) is 0 Å². The molecule has 2 heteroatoms. The van der Waals surface area contributed by atoms with Crippen molar-refractivity contribution < 1.29 is 5.11 Å². The Labute approximate surface area is 80.7 Å². The molecule has 2 fully saturated rings. The van der Waals surface area contributed by atoms with E-state index in [2.05, 4.69) is 19.2 Å². The molecule has 2 saturated carbocycles. The minimum atomic E-state index is -0.0867. The van der Waals surface area contributed by atoms with Crippen molar-refractivity contribution in [2.24, 2.45) is 5.41 Å². The Morgan fingerprint density at radius 1 is 1.23 bits per heavy atom. The summed E-state index contributed by atoms with van der Waals surface area (Å²) in [5.74, 6) is 0. The van der Waals surface area contributed by atoms with E-state index in [0.717, 1.165) is 12.8 Å². The van der Waals surface area contributed by atoms with Gasteiger partial charge >= 0.3 is 0 Å². The quantitative estimate of drug-likeness (QED) is 0.682. The minimum Gasteiger partial charge on any atom is -0.392 e. The molecule has 76 valence electrons. The molecule has 0 amide bonds. The van der Waals surface area contributed by atoms with Crippen LogP contribution in [0.25, 0.3) is 0 Å². The molecule has 0 aromatic rings. The van der Waals surface area contributed by atoms with E-state index in [4.69, 9.17) is 0 Å². The highest BCUT2D eigenvalue weighted by Crippen LogP contribution is 2.40. The fourth-order valence-corrected chi connectivity index (χ4v) is 2.57. The molecule has 2 nitrogen and oxygen atoms in total. The van der Waals surface area contributed by atoms with E-state index in [0.29, 0.717) is 17.5 Å². The van der Waals surface area contributed by atoms with E-state index < -0.39 is 0 Å². The third-order valence-corrected chi connectivity index (χ3v) is 3.92. The molecule has 13 heavy (non-hydrogen) atoms. The zero-order valence-corrected chi connectivity index (χ0v) is 8.71. The van der Waals surface area contributed by atoms with Gasteiger partial charge in [0.05, 0.1) is 6.10 Å². The number of rotatable bonds is 2. The monoisotopic (exact) mass is 183 g/mol. The molecule has 2 aliphatic rings. The van der Waals surface area contributed by atoms with E-state index in [1.165, 1.54) is 19.3 Å². The lowest BCUT2D eigenvalue weighted by Crippen LogP contribution is -2.55. The predicted octanol–water partition coefficient (Wildman–Crippen LogP) is 1.68. The van der Waals surface area contributed by atoms with Crippen molar-refractivity contribution in [3.05, 3.63) is 0 Å². The first-order valence-electron chi connectivity index (χ1n) is 5.54. The standard InChI is InChI=1S/C11H21NO/c1-11(2)7-6-10(11)12-8-4-3-5-9(8)13/h8-10,12-13H,3-7H2,1-2H3. The maximum atomic E-state index is 9.67. The first-order valence-corrected chi connectivity index (χ1v) is 5.54. The Morgan fingerprint density at radius 3 is 2.38 bits per heavy atom. The number of hydrogen-bond acceptors (Lipinski definition) is 2. The van der Waals surface area contributed by atoms with E-state index in [1.807, 2.05) is 0 Å². The van der Waals surface area contributed by atoms with E-state index in [9.17, 15) is 5.11 Å². The SMILES string of the molecule is CC1(C)CCC1NC1CCCC1O. The molecule has 0 aromatic carbocycles. The van der Waals surface area contributed by atoms with E-state index >= 15 is 0 Å². The van der Waals surface area contributed by atoms with Crippen LogP contribution >= 0.6 is 0 Å². The summed E-state index contributed by atoms with van der Waals surface area (Å²) in [5, 5.41) is 13.3. The van der Waals surface area contributed by atoms with Crippen molar-refractivity contribution in [3.8, 4) is 0 Å². The fraction of sp³-hybridized carbons (Fsp3) is 1.00. The molecule has 2 N–H and O–H groups in total. The van der Waals surface area contributed by atoms with Crippen LogP contribution in [0, 0.1) is 5.41 Å².